The van der Waals surface area contributed by atoms with E-state index in [4.69, 9.17) is 15.2 Å². The number of fused-ring (bicyclic) bond motifs is 1. The van der Waals surface area contributed by atoms with Crippen LogP contribution >= 0.6 is 0 Å². The molecule has 1 fully saturated rings. The highest BCUT2D eigenvalue weighted by Gasteiger charge is 2.43. The van der Waals surface area contributed by atoms with Crippen LogP contribution in [0.1, 0.15) is 77.8 Å². The van der Waals surface area contributed by atoms with E-state index in [1.54, 1.807) is 65.0 Å². The molecule has 2 aromatic rings. The molecule has 16 heteroatoms. The fourth-order valence-corrected chi connectivity index (χ4v) is 6.25. The summed E-state index contributed by atoms with van der Waals surface area (Å²) in [5, 5.41) is 4.93. The third kappa shape index (κ3) is 11.4. The highest BCUT2D eigenvalue weighted by Crippen LogP contribution is 2.42. The van der Waals surface area contributed by atoms with Crippen molar-refractivity contribution in [3.8, 4) is 0 Å². The van der Waals surface area contributed by atoms with Gasteiger partial charge in [-0.25, -0.2) is 19.0 Å². The topological polar surface area (TPSA) is 169 Å². The molecule has 4 atom stereocenters. The van der Waals surface area contributed by atoms with E-state index in [0.717, 1.165) is 11.0 Å². The van der Waals surface area contributed by atoms with Crippen molar-refractivity contribution in [1.29, 1.82) is 0 Å². The molecular formula is C39H47F4N5O7. The van der Waals surface area contributed by atoms with Gasteiger partial charge in [0.25, 0.3) is 5.91 Å². The lowest BCUT2D eigenvalue weighted by atomic mass is 9.80. The monoisotopic (exact) mass is 773 g/mol. The summed E-state index contributed by atoms with van der Waals surface area (Å²) < 4.78 is 66.4. The number of nitrogens with one attached hydrogen (secondary N) is 2. The molecule has 4 amide bonds. The fourth-order valence-electron chi connectivity index (χ4n) is 6.25. The number of nitrogens with two attached hydrogens (primary N) is 1. The Morgan fingerprint density at radius 1 is 1.04 bits per heavy atom. The Morgan fingerprint density at radius 3 is 2.25 bits per heavy atom. The molecule has 0 saturated heterocycles. The standard InChI is InChI=1S/C39H47F4N5O7/c1-21(2)29(46-37(53)55-38(4,5)6)36(52)54-20-48-31-26(14-10-16-27(31)40)30(24-12-8-7-9-13-24)45-33(35(48)51)47-34(50)25(15-11-19-39(41,42)43)28(32(44)49)22(3)23-17-18-23/h7-10,12-14,16,21,23,25,28-29,33H,3,11,15,17-20H2,1-2,4-6H3,(H2,44,49)(H,46,53)(H,47,50)/t25-,28+,29+,33+/m1/s1. The number of carbonyl (C=O) groups excluding carboxylic acids is 5. The average molecular weight is 774 g/mol. The lowest BCUT2D eigenvalue weighted by molar-refractivity contribution is -0.148. The van der Waals surface area contributed by atoms with Crippen molar-refractivity contribution < 1.29 is 51.0 Å². The van der Waals surface area contributed by atoms with Crippen molar-refractivity contribution in [3.05, 3.63) is 77.6 Å². The van der Waals surface area contributed by atoms with Crippen molar-refractivity contribution in [3.63, 3.8) is 0 Å². The van der Waals surface area contributed by atoms with Gasteiger partial charge in [-0.05, 0) is 64.4 Å². The van der Waals surface area contributed by atoms with Crippen LogP contribution in [0.15, 0.2) is 65.7 Å². The van der Waals surface area contributed by atoms with E-state index in [0.29, 0.717) is 24.0 Å². The Labute approximate surface area is 316 Å². The molecule has 0 bridgehead atoms. The molecule has 0 radical (unpaired) electrons. The number of carbonyl (C=O) groups is 5. The minimum Gasteiger partial charge on any atom is -0.444 e. The zero-order valence-corrected chi connectivity index (χ0v) is 31.4. The molecule has 1 heterocycles. The zero-order chi connectivity index (χ0) is 40.8. The highest BCUT2D eigenvalue weighted by atomic mass is 19.4. The number of anilines is 1. The normalized spacial score (nSPS) is 17.6. The minimum absolute atomic E-state index is 0.0525. The van der Waals surface area contributed by atoms with Crippen molar-refractivity contribution in [2.24, 2.45) is 34.4 Å². The molecule has 1 aliphatic heterocycles. The van der Waals surface area contributed by atoms with E-state index in [1.807, 2.05) is 0 Å². The predicted octanol–water partition coefficient (Wildman–Crippen LogP) is 5.92. The van der Waals surface area contributed by atoms with Crippen LogP contribution in [0.25, 0.3) is 0 Å². The van der Waals surface area contributed by atoms with E-state index in [-0.39, 0.29) is 22.9 Å². The number of esters is 1. The summed E-state index contributed by atoms with van der Waals surface area (Å²) in [7, 11) is 0. The van der Waals surface area contributed by atoms with Crippen LogP contribution in [0.5, 0.6) is 0 Å². The smallest absolute Gasteiger partial charge is 0.408 e. The molecule has 0 spiro atoms. The first-order valence-corrected chi connectivity index (χ1v) is 17.9. The van der Waals surface area contributed by atoms with Crippen molar-refractivity contribution >= 4 is 41.2 Å². The van der Waals surface area contributed by atoms with Crippen molar-refractivity contribution in [1.82, 2.24) is 10.6 Å². The number of rotatable bonds is 15. The zero-order valence-electron chi connectivity index (χ0n) is 31.4. The lowest BCUT2D eigenvalue weighted by Gasteiger charge is -2.29. The number of halogens is 4. The van der Waals surface area contributed by atoms with Crippen LogP contribution in [0.3, 0.4) is 0 Å². The van der Waals surface area contributed by atoms with Gasteiger partial charge < -0.3 is 25.8 Å². The maximum Gasteiger partial charge on any atom is 0.408 e. The molecule has 2 aromatic carbocycles. The number of aliphatic imine (C=N–C) groups is 1. The molecule has 298 valence electrons. The second kappa shape index (κ2) is 17.5. The average Bonchev–Trinajstić information content (AvgIpc) is 3.94. The van der Waals surface area contributed by atoms with Gasteiger partial charge in [0, 0.05) is 17.5 Å². The van der Waals surface area contributed by atoms with Gasteiger partial charge in [0.1, 0.15) is 17.5 Å². The minimum atomic E-state index is -4.55. The number of primary amides is 1. The number of hydrogen-bond donors (Lipinski definition) is 3. The van der Waals surface area contributed by atoms with Gasteiger partial charge in [0.05, 0.1) is 23.2 Å². The Bertz CT molecular complexity index is 1810. The maximum absolute atomic E-state index is 15.9. The molecule has 0 unspecified atom stereocenters. The number of ether oxygens (including phenoxy) is 2. The fraction of sp³-hybridized carbons (Fsp3) is 0.487. The van der Waals surface area contributed by atoms with Gasteiger partial charge in [0.2, 0.25) is 18.0 Å². The van der Waals surface area contributed by atoms with Crippen molar-refractivity contribution in [2.75, 3.05) is 11.6 Å². The Morgan fingerprint density at radius 2 is 1.69 bits per heavy atom. The molecule has 4 N–H and O–H groups in total. The molecule has 1 saturated carbocycles. The number of para-hydroxylation sites is 1. The summed E-state index contributed by atoms with van der Waals surface area (Å²) in [6, 6.07) is 11.0. The van der Waals surface area contributed by atoms with Gasteiger partial charge in [-0.1, -0.05) is 68.5 Å². The van der Waals surface area contributed by atoms with Gasteiger partial charge in [-0.3, -0.25) is 19.3 Å². The summed E-state index contributed by atoms with van der Waals surface area (Å²) in [4.78, 5) is 72.7. The van der Waals surface area contributed by atoms with Crippen LogP contribution in [0, 0.1) is 29.5 Å². The summed E-state index contributed by atoms with van der Waals surface area (Å²) in [6.45, 7) is 11.2. The third-order valence-corrected chi connectivity index (χ3v) is 9.05. The number of alkyl halides is 3. The van der Waals surface area contributed by atoms with Gasteiger partial charge >= 0.3 is 18.2 Å². The first-order valence-electron chi connectivity index (χ1n) is 17.9. The van der Waals surface area contributed by atoms with Crippen LogP contribution in [0.4, 0.5) is 28.0 Å². The quantitative estimate of drug-likeness (QED) is 0.115. The molecule has 2 aliphatic rings. The second-order valence-electron chi connectivity index (χ2n) is 15.0. The number of benzodiazepines with no additional fused rings is 1. The Hall–Kier alpha value is -5.28. The molecule has 0 aromatic heterocycles. The third-order valence-electron chi connectivity index (χ3n) is 9.05. The van der Waals surface area contributed by atoms with Gasteiger partial charge in [-0.2, -0.15) is 13.2 Å². The lowest BCUT2D eigenvalue weighted by Crippen LogP contribution is -2.52. The summed E-state index contributed by atoms with van der Waals surface area (Å²) in [5.74, 6) is -8.45. The van der Waals surface area contributed by atoms with Crippen LogP contribution in [-0.4, -0.2) is 66.2 Å². The maximum atomic E-state index is 15.9. The molecule has 55 heavy (non-hydrogen) atoms. The number of hydrogen-bond acceptors (Lipinski definition) is 8. The molecule has 1 aliphatic carbocycles. The Balaban J connectivity index is 1.74. The van der Waals surface area contributed by atoms with Crippen LogP contribution < -0.4 is 21.3 Å². The Kier molecular flexibility index (Phi) is 13.5. The second-order valence-corrected chi connectivity index (χ2v) is 15.0. The van der Waals surface area contributed by atoms with Crippen molar-refractivity contribution in [2.45, 2.75) is 90.7 Å². The highest BCUT2D eigenvalue weighted by molar-refractivity contribution is 6.20. The van der Waals surface area contributed by atoms with E-state index in [9.17, 15) is 37.1 Å². The largest absolute Gasteiger partial charge is 0.444 e. The molecule has 4 rings (SSSR count). The van der Waals surface area contributed by atoms with E-state index in [2.05, 4.69) is 22.2 Å². The van der Waals surface area contributed by atoms with Gasteiger partial charge in [-0.15, -0.1) is 0 Å². The molecule has 12 nitrogen and oxygen atoms in total. The number of alkyl carbamates (subject to hydrolysis) is 1. The van der Waals surface area contributed by atoms with E-state index < -0.39 is 103 Å². The molecular weight excluding hydrogens is 726 g/mol. The summed E-state index contributed by atoms with van der Waals surface area (Å²) in [6.07, 6.45) is -8.20. The number of nitrogens with zero attached hydrogens (tertiary/aromatic N) is 2. The summed E-state index contributed by atoms with van der Waals surface area (Å²) in [5.41, 5.74) is 5.34. The van der Waals surface area contributed by atoms with Gasteiger partial charge in [0.15, 0.2) is 6.73 Å². The number of amides is 4. The summed E-state index contributed by atoms with van der Waals surface area (Å²) >= 11 is 0. The SMILES string of the molecule is C=C(C1CC1)[C@H](C(N)=O)[C@@H](CCCC(F)(F)F)C(=O)N[C@@H]1N=C(c2ccccc2)c2cccc(F)c2N(COC(=O)[C@@H](NC(=O)OC(C)(C)C)C(C)C)C1=O. The van der Waals surface area contributed by atoms with E-state index in [1.165, 1.54) is 12.1 Å². The van der Waals surface area contributed by atoms with Crippen LogP contribution in [-0.2, 0) is 28.7 Å². The first kappa shape index (κ1) is 42.5. The number of benzene rings is 2. The van der Waals surface area contributed by atoms with Crippen LogP contribution in [0.2, 0.25) is 0 Å². The first-order chi connectivity index (χ1) is 25.7. The van der Waals surface area contributed by atoms with E-state index >= 15 is 4.39 Å². The predicted molar refractivity (Wildman–Crippen MR) is 195 cm³/mol.